The Hall–Kier alpha value is -1.35. The number of carbonyl (C=O) groups is 1. The molecule has 1 aliphatic carbocycles. The zero-order valence-corrected chi connectivity index (χ0v) is 11.3. The monoisotopic (exact) mass is 260 g/mol. The molecule has 2 fully saturated rings. The summed E-state index contributed by atoms with van der Waals surface area (Å²) in [5.74, 6) is 0.409. The molecule has 2 aliphatic rings. The van der Waals surface area contributed by atoms with Crippen LogP contribution in [0.15, 0.2) is 30.3 Å². The van der Waals surface area contributed by atoms with E-state index in [0.29, 0.717) is 17.5 Å². The number of hydrogen-bond acceptors (Lipinski definition) is 2. The second-order valence-corrected chi connectivity index (χ2v) is 5.74. The van der Waals surface area contributed by atoms with Gasteiger partial charge in [0.1, 0.15) is 6.10 Å². The van der Waals surface area contributed by atoms with Crippen molar-refractivity contribution in [2.24, 2.45) is 5.92 Å². The van der Waals surface area contributed by atoms with Crippen LogP contribution in [0.5, 0.6) is 0 Å². The fourth-order valence-electron chi connectivity index (χ4n) is 3.56. The van der Waals surface area contributed by atoms with E-state index in [1.807, 2.05) is 30.3 Å². The number of carbonyl (C=O) groups excluding carboxylic acids is 1. The van der Waals surface area contributed by atoms with E-state index in [1.165, 1.54) is 25.7 Å². The maximum absolute atomic E-state index is 12.2. The Morgan fingerprint density at radius 1 is 1.11 bits per heavy atom. The van der Waals surface area contributed by atoms with Gasteiger partial charge in [-0.15, -0.1) is 0 Å². The standard InChI is InChI=1S/C16H21NO2/c18-16(12-6-2-1-3-7-12)19-15-10-11-17-14-9-5-4-8-13(14)15/h1-3,6-7,13-15,17H,4-5,8-11H2/p+1/t13-,14-,15-/m0/s1. The van der Waals surface area contributed by atoms with Crippen LogP contribution >= 0.6 is 0 Å². The summed E-state index contributed by atoms with van der Waals surface area (Å²) in [6, 6.07) is 10.0. The van der Waals surface area contributed by atoms with Crippen molar-refractivity contribution in [3.05, 3.63) is 35.9 Å². The number of ether oxygens (including phenoxy) is 1. The van der Waals surface area contributed by atoms with Gasteiger partial charge in [-0.3, -0.25) is 0 Å². The van der Waals surface area contributed by atoms with Crippen LogP contribution in [0.3, 0.4) is 0 Å². The molecule has 1 aromatic carbocycles. The predicted octanol–water partition coefficient (Wildman–Crippen LogP) is 1.74. The van der Waals surface area contributed by atoms with Gasteiger partial charge in [0.05, 0.1) is 18.2 Å². The molecule has 1 aliphatic heterocycles. The van der Waals surface area contributed by atoms with Gasteiger partial charge in [0.15, 0.2) is 0 Å². The van der Waals surface area contributed by atoms with Crippen molar-refractivity contribution >= 4 is 5.97 Å². The third-order valence-electron chi connectivity index (χ3n) is 4.54. The Labute approximate surface area is 114 Å². The molecule has 0 spiro atoms. The first-order valence-corrected chi connectivity index (χ1v) is 7.44. The Morgan fingerprint density at radius 3 is 2.74 bits per heavy atom. The number of esters is 1. The van der Waals surface area contributed by atoms with Crippen LogP contribution in [-0.2, 0) is 4.74 Å². The van der Waals surface area contributed by atoms with Gasteiger partial charge in [0.2, 0.25) is 0 Å². The van der Waals surface area contributed by atoms with E-state index >= 15 is 0 Å². The molecule has 0 aromatic heterocycles. The highest BCUT2D eigenvalue weighted by molar-refractivity contribution is 5.89. The lowest BCUT2D eigenvalue weighted by Gasteiger charge is -2.38. The molecule has 1 aromatic rings. The zero-order chi connectivity index (χ0) is 13.1. The van der Waals surface area contributed by atoms with E-state index in [0.717, 1.165) is 13.0 Å². The Bertz CT molecular complexity index is 430. The highest BCUT2D eigenvalue weighted by Gasteiger charge is 2.39. The fraction of sp³-hybridized carbons (Fsp3) is 0.562. The summed E-state index contributed by atoms with van der Waals surface area (Å²) in [6.45, 7) is 1.09. The molecule has 0 unspecified atom stereocenters. The van der Waals surface area contributed by atoms with E-state index in [-0.39, 0.29) is 12.1 Å². The van der Waals surface area contributed by atoms with E-state index in [2.05, 4.69) is 5.32 Å². The summed E-state index contributed by atoms with van der Waals surface area (Å²) in [5.41, 5.74) is 0.671. The van der Waals surface area contributed by atoms with Gasteiger partial charge < -0.3 is 10.1 Å². The van der Waals surface area contributed by atoms with Crippen LogP contribution in [0.25, 0.3) is 0 Å². The smallest absolute Gasteiger partial charge is 0.338 e. The first kappa shape index (κ1) is 12.7. The van der Waals surface area contributed by atoms with E-state index < -0.39 is 0 Å². The maximum Gasteiger partial charge on any atom is 0.338 e. The van der Waals surface area contributed by atoms with Gasteiger partial charge in [-0.25, -0.2) is 4.79 Å². The average Bonchev–Trinajstić information content (AvgIpc) is 2.48. The van der Waals surface area contributed by atoms with Crippen LogP contribution in [-0.4, -0.2) is 24.7 Å². The van der Waals surface area contributed by atoms with Gasteiger partial charge in [-0.05, 0) is 31.4 Å². The molecule has 3 atom stereocenters. The third kappa shape index (κ3) is 2.81. The summed E-state index contributed by atoms with van der Waals surface area (Å²) >= 11 is 0. The Morgan fingerprint density at radius 2 is 1.89 bits per heavy atom. The number of hydrogen-bond donors (Lipinski definition) is 1. The Kier molecular flexibility index (Phi) is 3.83. The summed E-state index contributed by atoms with van der Waals surface area (Å²) < 4.78 is 5.79. The summed E-state index contributed by atoms with van der Waals surface area (Å²) in [7, 11) is 0. The van der Waals surface area contributed by atoms with Crippen LogP contribution in [0, 0.1) is 5.92 Å². The molecule has 3 nitrogen and oxygen atoms in total. The molecule has 102 valence electrons. The second kappa shape index (κ2) is 5.74. The molecule has 1 saturated heterocycles. The summed E-state index contributed by atoms with van der Waals surface area (Å²) in [6.07, 6.45) is 6.24. The summed E-state index contributed by atoms with van der Waals surface area (Å²) in [4.78, 5) is 12.2. The van der Waals surface area contributed by atoms with E-state index in [4.69, 9.17) is 4.74 Å². The lowest BCUT2D eigenvalue weighted by molar-refractivity contribution is -0.710. The Balaban J connectivity index is 1.66. The third-order valence-corrected chi connectivity index (χ3v) is 4.54. The molecule has 0 radical (unpaired) electrons. The number of quaternary nitrogens is 1. The predicted molar refractivity (Wildman–Crippen MR) is 72.8 cm³/mol. The lowest BCUT2D eigenvalue weighted by Crippen LogP contribution is -2.94. The maximum atomic E-state index is 12.2. The van der Waals surface area contributed by atoms with Crippen LogP contribution in [0.4, 0.5) is 0 Å². The number of fused-ring (bicyclic) bond motifs is 1. The van der Waals surface area contributed by atoms with Crippen molar-refractivity contribution in [2.45, 2.75) is 44.2 Å². The highest BCUT2D eigenvalue weighted by Crippen LogP contribution is 2.30. The number of benzene rings is 1. The minimum absolute atomic E-state index is 0.128. The molecular formula is C16H22NO2+. The van der Waals surface area contributed by atoms with Gasteiger partial charge in [0.25, 0.3) is 0 Å². The van der Waals surface area contributed by atoms with Gasteiger partial charge >= 0.3 is 5.97 Å². The topological polar surface area (TPSA) is 42.9 Å². The van der Waals surface area contributed by atoms with Gasteiger partial charge in [-0.1, -0.05) is 24.6 Å². The highest BCUT2D eigenvalue weighted by atomic mass is 16.5. The molecule has 19 heavy (non-hydrogen) atoms. The van der Waals surface area contributed by atoms with Crippen molar-refractivity contribution in [1.82, 2.24) is 0 Å². The lowest BCUT2D eigenvalue weighted by atomic mass is 9.77. The first-order valence-electron chi connectivity index (χ1n) is 7.44. The van der Waals surface area contributed by atoms with Gasteiger partial charge in [-0.2, -0.15) is 0 Å². The van der Waals surface area contributed by atoms with Crippen molar-refractivity contribution in [1.29, 1.82) is 0 Å². The normalized spacial score (nSPS) is 30.4. The minimum Gasteiger partial charge on any atom is -0.458 e. The quantitative estimate of drug-likeness (QED) is 0.823. The molecule has 1 heterocycles. The summed E-state index contributed by atoms with van der Waals surface area (Å²) in [5, 5.41) is 2.46. The van der Waals surface area contributed by atoms with Crippen molar-refractivity contribution in [2.75, 3.05) is 6.54 Å². The van der Waals surface area contributed by atoms with Crippen molar-refractivity contribution < 1.29 is 14.8 Å². The molecule has 3 heteroatoms. The second-order valence-electron chi connectivity index (χ2n) is 5.74. The van der Waals surface area contributed by atoms with Gasteiger partial charge in [0, 0.05) is 12.3 Å². The number of nitrogens with two attached hydrogens (primary N) is 1. The molecule has 1 saturated carbocycles. The average molecular weight is 260 g/mol. The minimum atomic E-state index is -0.156. The number of rotatable bonds is 2. The fourth-order valence-corrected chi connectivity index (χ4v) is 3.56. The molecule has 2 N–H and O–H groups in total. The van der Waals surface area contributed by atoms with E-state index in [9.17, 15) is 4.79 Å². The van der Waals surface area contributed by atoms with Crippen molar-refractivity contribution in [3.8, 4) is 0 Å². The van der Waals surface area contributed by atoms with Crippen LogP contribution < -0.4 is 5.32 Å². The van der Waals surface area contributed by atoms with Crippen molar-refractivity contribution in [3.63, 3.8) is 0 Å². The van der Waals surface area contributed by atoms with Crippen LogP contribution in [0.2, 0.25) is 0 Å². The molecular weight excluding hydrogens is 238 g/mol. The SMILES string of the molecule is O=C(O[C@H]1CC[NH2+][C@H]2CCCC[C@@H]21)c1ccccc1. The first-order chi connectivity index (χ1) is 9.34. The molecule has 0 bridgehead atoms. The van der Waals surface area contributed by atoms with E-state index in [1.54, 1.807) is 0 Å². The largest absolute Gasteiger partial charge is 0.458 e. The molecule has 0 amide bonds. The van der Waals surface area contributed by atoms with Crippen LogP contribution in [0.1, 0.15) is 42.5 Å². The molecule has 3 rings (SSSR count). The number of piperidine rings is 1. The zero-order valence-electron chi connectivity index (χ0n) is 11.3.